The third-order valence-electron chi connectivity index (χ3n) is 3.57. The summed E-state index contributed by atoms with van der Waals surface area (Å²) in [5, 5.41) is 2.86. The second-order valence-electron chi connectivity index (χ2n) is 5.06. The molecular weight excluding hydrogens is 292 g/mol. The quantitative estimate of drug-likeness (QED) is 0.911. The van der Waals surface area contributed by atoms with Crippen LogP contribution in [0.4, 0.5) is 5.82 Å². The van der Waals surface area contributed by atoms with Crippen LogP contribution < -0.4 is 5.32 Å². The highest BCUT2D eigenvalue weighted by Gasteiger charge is 2.16. The smallest absolute Gasteiger partial charge is 0.225 e. The van der Waals surface area contributed by atoms with Crippen LogP contribution in [0.2, 0.25) is 0 Å². The van der Waals surface area contributed by atoms with E-state index in [1.165, 1.54) is 25.7 Å². The summed E-state index contributed by atoms with van der Waals surface area (Å²) in [5.41, 5.74) is 1.08. The minimum absolute atomic E-state index is 0.0797. The molecule has 3 nitrogen and oxygen atoms in total. The van der Waals surface area contributed by atoms with E-state index in [-0.39, 0.29) is 5.91 Å². The van der Waals surface area contributed by atoms with Gasteiger partial charge < -0.3 is 5.32 Å². The lowest BCUT2D eigenvalue weighted by Gasteiger charge is -2.09. The van der Waals surface area contributed by atoms with Gasteiger partial charge in [-0.15, -0.1) is 0 Å². The minimum Gasteiger partial charge on any atom is -0.311 e. The summed E-state index contributed by atoms with van der Waals surface area (Å²) in [6.07, 6.45) is 8.61. The van der Waals surface area contributed by atoms with Crippen LogP contribution in [-0.2, 0) is 4.79 Å². The number of amides is 1. The van der Waals surface area contributed by atoms with Gasteiger partial charge >= 0.3 is 0 Å². The number of hydrogen-bond donors (Lipinski definition) is 1. The average Bonchev–Trinajstić information content (AvgIpc) is 2.84. The summed E-state index contributed by atoms with van der Waals surface area (Å²) >= 11 is 3.40. The lowest BCUT2D eigenvalue weighted by atomic mass is 10.0. The molecule has 0 saturated heterocycles. The summed E-state index contributed by atoms with van der Waals surface area (Å²) in [4.78, 5) is 16.0. The van der Waals surface area contributed by atoms with Crippen LogP contribution in [0.5, 0.6) is 0 Å². The van der Waals surface area contributed by atoms with Crippen molar-refractivity contribution < 1.29 is 4.79 Å². The number of halogens is 1. The zero-order valence-electron chi connectivity index (χ0n) is 10.7. The molecule has 4 heteroatoms. The van der Waals surface area contributed by atoms with Crippen LogP contribution >= 0.6 is 15.9 Å². The molecule has 1 fully saturated rings. The fourth-order valence-corrected chi connectivity index (χ4v) is 2.66. The molecule has 98 valence electrons. The number of nitrogens with one attached hydrogen (secondary N) is 1. The van der Waals surface area contributed by atoms with Gasteiger partial charge in [0, 0.05) is 17.1 Å². The van der Waals surface area contributed by atoms with E-state index in [2.05, 4.69) is 26.2 Å². The maximum atomic E-state index is 11.8. The number of aryl methyl sites for hydroxylation is 1. The first-order chi connectivity index (χ1) is 8.65. The van der Waals surface area contributed by atoms with Gasteiger partial charge in [-0.1, -0.05) is 25.7 Å². The Bertz CT molecular complexity index is 428. The van der Waals surface area contributed by atoms with Crippen LogP contribution in [0.25, 0.3) is 0 Å². The molecule has 1 amide bonds. The van der Waals surface area contributed by atoms with Crippen molar-refractivity contribution in [3.05, 3.63) is 22.3 Å². The van der Waals surface area contributed by atoms with E-state index in [0.29, 0.717) is 12.2 Å². The molecule has 0 aromatic carbocycles. The molecule has 0 unspecified atom stereocenters. The van der Waals surface area contributed by atoms with Crippen molar-refractivity contribution in [3.63, 3.8) is 0 Å². The van der Waals surface area contributed by atoms with Gasteiger partial charge in [0.25, 0.3) is 0 Å². The first kappa shape index (κ1) is 13.5. The molecule has 1 aromatic heterocycles. The van der Waals surface area contributed by atoms with E-state index >= 15 is 0 Å². The number of carbonyl (C=O) groups is 1. The Morgan fingerprint density at radius 3 is 2.89 bits per heavy atom. The van der Waals surface area contributed by atoms with E-state index in [1.54, 1.807) is 6.20 Å². The molecule has 2 rings (SSSR count). The molecule has 1 N–H and O–H groups in total. The van der Waals surface area contributed by atoms with Gasteiger partial charge in [-0.25, -0.2) is 4.98 Å². The highest BCUT2D eigenvalue weighted by atomic mass is 79.9. The second kappa shape index (κ2) is 6.32. The van der Waals surface area contributed by atoms with E-state index in [4.69, 9.17) is 0 Å². The molecule has 0 aliphatic heterocycles. The van der Waals surface area contributed by atoms with E-state index in [1.807, 2.05) is 13.0 Å². The summed E-state index contributed by atoms with van der Waals surface area (Å²) in [6, 6.07) is 1.89. The largest absolute Gasteiger partial charge is 0.311 e. The Labute approximate surface area is 117 Å². The maximum Gasteiger partial charge on any atom is 0.225 e. The van der Waals surface area contributed by atoms with Crippen molar-refractivity contribution in [1.29, 1.82) is 0 Å². The SMILES string of the molecule is Cc1cc(NC(=O)CCC2CCCC2)ncc1Br. The third-order valence-corrected chi connectivity index (χ3v) is 4.40. The Hall–Kier alpha value is -0.900. The summed E-state index contributed by atoms with van der Waals surface area (Å²) in [7, 11) is 0. The predicted octanol–water partition coefficient (Wildman–Crippen LogP) is 4.06. The standard InChI is InChI=1S/C14H19BrN2O/c1-10-8-13(16-9-12(10)15)17-14(18)7-6-11-4-2-3-5-11/h8-9,11H,2-7H2,1H3,(H,16,17,18). The molecule has 18 heavy (non-hydrogen) atoms. The van der Waals surface area contributed by atoms with Gasteiger partial charge in [0.1, 0.15) is 5.82 Å². The minimum atomic E-state index is 0.0797. The average molecular weight is 311 g/mol. The Kier molecular flexibility index (Phi) is 4.75. The van der Waals surface area contributed by atoms with Gasteiger partial charge in [0.15, 0.2) is 0 Å². The Morgan fingerprint density at radius 2 is 2.22 bits per heavy atom. The fourth-order valence-electron chi connectivity index (χ4n) is 2.45. The van der Waals surface area contributed by atoms with Gasteiger partial charge in [-0.3, -0.25) is 4.79 Å². The third kappa shape index (κ3) is 3.80. The monoisotopic (exact) mass is 310 g/mol. The molecule has 1 aliphatic rings. The second-order valence-corrected chi connectivity index (χ2v) is 5.91. The first-order valence-corrected chi connectivity index (χ1v) is 7.36. The molecule has 1 aromatic rings. The van der Waals surface area contributed by atoms with E-state index < -0.39 is 0 Å². The van der Waals surface area contributed by atoms with Crippen LogP contribution in [-0.4, -0.2) is 10.9 Å². The summed E-state index contributed by atoms with van der Waals surface area (Å²) in [6.45, 7) is 1.99. The van der Waals surface area contributed by atoms with Crippen LogP contribution in [0.3, 0.4) is 0 Å². The van der Waals surface area contributed by atoms with E-state index in [9.17, 15) is 4.79 Å². The molecule has 1 aliphatic carbocycles. The van der Waals surface area contributed by atoms with Gasteiger partial charge in [-0.2, -0.15) is 0 Å². The van der Waals surface area contributed by atoms with Crippen LogP contribution in [0.15, 0.2) is 16.7 Å². The zero-order valence-corrected chi connectivity index (χ0v) is 12.3. The molecular formula is C14H19BrN2O. The normalized spacial score (nSPS) is 15.9. The van der Waals surface area contributed by atoms with Crippen molar-refractivity contribution in [2.75, 3.05) is 5.32 Å². The van der Waals surface area contributed by atoms with Crippen molar-refractivity contribution in [2.24, 2.45) is 5.92 Å². The van der Waals surface area contributed by atoms with Crippen molar-refractivity contribution in [3.8, 4) is 0 Å². The number of aromatic nitrogens is 1. The topological polar surface area (TPSA) is 42.0 Å². The van der Waals surface area contributed by atoms with Gasteiger partial charge in [-0.05, 0) is 46.8 Å². The number of hydrogen-bond acceptors (Lipinski definition) is 2. The highest BCUT2D eigenvalue weighted by molar-refractivity contribution is 9.10. The summed E-state index contributed by atoms with van der Waals surface area (Å²) in [5.74, 6) is 1.48. The Morgan fingerprint density at radius 1 is 1.50 bits per heavy atom. The molecule has 0 spiro atoms. The number of nitrogens with zero attached hydrogens (tertiary/aromatic N) is 1. The highest BCUT2D eigenvalue weighted by Crippen LogP contribution is 2.28. The van der Waals surface area contributed by atoms with Gasteiger partial charge in [0.2, 0.25) is 5.91 Å². The number of rotatable bonds is 4. The first-order valence-electron chi connectivity index (χ1n) is 6.57. The molecule has 0 bridgehead atoms. The number of anilines is 1. The maximum absolute atomic E-state index is 11.8. The predicted molar refractivity (Wildman–Crippen MR) is 76.5 cm³/mol. The van der Waals surface area contributed by atoms with Gasteiger partial charge in [0.05, 0.1) is 0 Å². The van der Waals surface area contributed by atoms with Crippen molar-refractivity contribution in [1.82, 2.24) is 4.98 Å². The lowest BCUT2D eigenvalue weighted by molar-refractivity contribution is -0.116. The number of carbonyl (C=O) groups excluding carboxylic acids is 1. The van der Waals surface area contributed by atoms with Crippen molar-refractivity contribution in [2.45, 2.75) is 45.4 Å². The molecule has 1 heterocycles. The fraction of sp³-hybridized carbons (Fsp3) is 0.571. The summed E-state index contributed by atoms with van der Waals surface area (Å²) < 4.78 is 0.964. The molecule has 0 radical (unpaired) electrons. The van der Waals surface area contributed by atoms with Crippen molar-refractivity contribution >= 4 is 27.7 Å². The molecule has 1 saturated carbocycles. The van der Waals surface area contributed by atoms with Crippen LogP contribution in [0.1, 0.15) is 44.1 Å². The van der Waals surface area contributed by atoms with Crippen LogP contribution in [0, 0.1) is 12.8 Å². The molecule has 0 atom stereocenters. The van der Waals surface area contributed by atoms with E-state index in [0.717, 1.165) is 22.4 Å². The Balaban J connectivity index is 1.80. The lowest BCUT2D eigenvalue weighted by Crippen LogP contribution is -2.13. The zero-order chi connectivity index (χ0) is 13.0. The number of pyridine rings is 1.